The van der Waals surface area contributed by atoms with Crippen LogP contribution in [0.3, 0.4) is 0 Å². The van der Waals surface area contributed by atoms with Gasteiger partial charge in [0.25, 0.3) is 0 Å². The fourth-order valence-corrected chi connectivity index (χ4v) is 2.75. The van der Waals surface area contributed by atoms with E-state index in [0.29, 0.717) is 0 Å². The van der Waals surface area contributed by atoms with Gasteiger partial charge in [0.15, 0.2) is 0 Å². The summed E-state index contributed by atoms with van der Waals surface area (Å²) in [4.78, 5) is 0. The van der Waals surface area contributed by atoms with Crippen LogP contribution in [0.5, 0.6) is 0 Å². The summed E-state index contributed by atoms with van der Waals surface area (Å²) in [5.41, 5.74) is 4.14. The van der Waals surface area contributed by atoms with E-state index in [9.17, 15) is 8.78 Å². The number of nitrogens with zero attached hydrogens (tertiary/aromatic N) is 2. The minimum atomic E-state index is -0.297. The van der Waals surface area contributed by atoms with Crippen molar-refractivity contribution < 1.29 is 8.78 Å². The molecule has 0 N–H and O–H groups in total. The van der Waals surface area contributed by atoms with Crippen LogP contribution in [-0.4, -0.2) is 9.78 Å². The van der Waals surface area contributed by atoms with Gasteiger partial charge < -0.3 is 0 Å². The molecule has 4 heteroatoms. The lowest BCUT2D eigenvalue weighted by Crippen LogP contribution is -1.94. The molecule has 0 saturated heterocycles. The maximum absolute atomic E-state index is 13.3. The van der Waals surface area contributed by atoms with Gasteiger partial charge in [0.1, 0.15) is 17.3 Å². The molecule has 0 unspecified atom stereocenters. The molecule has 25 heavy (non-hydrogen) atoms. The topological polar surface area (TPSA) is 17.8 Å². The molecule has 122 valence electrons. The molecule has 1 heterocycles. The van der Waals surface area contributed by atoms with E-state index < -0.39 is 0 Å². The third-order valence-electron chi connectivity index (χ3n) is 4.01. The Morgan fingerprint density at radius 3 is 1.80 bits per heavy atom. The van der Waals surface area contributed by atoms with Crippen molar-refractivity contribution in [1.29, 1.82) is 0 Å². The lowest BCUT2D eigenvalue weighted by atomic mass is 10.0. The first kappa shape index (κ1) is 15.3. The lowest BCUT2D eigenvalue weighted by molar-refractivity contribution is 0.627. The number of rotatable bonds is 3. The van der Waals surface area contributed by atoms with Crippen molar-refractivity contribution in [3.05, 3.63) is 96.7 Å². The predicted octanol–water partition coefficient (Wildman–Crippen LogP) is 5.48. The van der Waals surface area contributed by atoms with E-state index in [0.717, 1.165) is 28.1 Å². The molecule has 4 aromatic rings. The zero-order valence-corrected chi connectivity index (χ0v) is 13.2. The van der Waals surface area contributed by atoms with Crippen LogP contribution in [0.1, 0.15) is 0 Å². The van der Waals surface area contributed by atoms with Crippen LogP contribution in [0.25, 0.3) is 28.1 Å². The maximum atomic E-state index is 13.3. The number of benzene rings is 3. The molecule has 0 atom stereocenters. The van der Waals surface area contributed by atoms with Crippen LogP contribution in [-0.2, 0) is 0 Å². The largest absolute Gasteiger partial charge is 0.240 e. The third-order valence-corrected chi connectivity index (χ3v) is 4.01. The maximum Gasteiger partial charge on any atom is 0.123 e. The zero-order valence-electron chi connectivity index (χ0n) is 13.2. The van der Waals surface area contributed by atoms with E-state index in [1.54, 1.807) is 28.9 Å². The molecule has 0 bridgehead atoms. The van der Waals surface area contributed by atoms with Gasteiger partial charge in [-0.2, -0.15) is 5.10 Å². The Balaban J connectivity index is 1.89. The fourth-order valence-electron chi connectivity index (χ4n) is 2.75. The second-order valence-electron chi connectivity index (χ2n) is 5.69. The minimum absolute atomic E-state index is 0.289. The third kappa shape index (κ3) is 3.06. The fraction of sp³-hybridized carbons (Fsp3) is 0. The number of para-hydroxylation sites is 1. The summed E-state index contributed by atoms with van der Waals surface area (Å²) in [7, 11) is 0. The van der Waals surface area contributed by atoms with Crippen molar-refractivity contribution in [3.8, 4) is 28.1 Å². The minimum Gasteiger partial charge on any atom is -0.240 e. The van der Waals surface area contributed by atoms with E-state index in [2.05, 4.69) is 5.10 Å². The summed E-state index contributed by atoms with van der Waals surface area (Å²) in [5, 5.41) is 4.68. The zero-order chi connectivity index (χ0) is 17.2. The molecular weight excluding hydrogens is 318 g/mol. The Morgan fingerprint density at radius 1 is 0.640 bits per heavy atom. The van der Waals surface area contributed by atoms with Crippen molar-refractivity contribution in [1.82, 2.24) is 9.78 Å². The summed E-state index contributed by atoms with van der Waals surface area (Å²) in [6, 6.07) is 22.2. The molecule has 3 aromatic carbocycles. The van der Waals surface area contributed by atoms with Gasteiger partial charge in [-0.05, 0) is 54.1 Å². The normalized spacial score (nSPS) is 10.8. The number of aromatic nitrogens is 2. The Labute approximate surface area is 144 Å². The van der Waals surface area contributed by atoms with Crippen molar-refractivity contribution in [2.75, 3.05) is 0 Å². The highest BCUT2D eigenvalue weighted by Crippen LogP contribution is 2.32. The van der Waals surface area contributed by atoms with Gasteiger partial charge in [-0.1, -0.05) is 30.3 Å². The average molecular weight is 332 g/mol. The standard InChI is InChI=1S/C21H14F2N2/c22-17-10-6-15(7-11-17)20-14-25(19-4-2-1-3-5-19)24-21(20)16-8-12-18(23)13-9-16/h1-14H. The molecule has 0 aliphatic carbocycles. The van der Waals surface area contributed by atoms with Crippen molar-refractivity contribution >= 4 is 0 Å². The summed E-state index contributed by atoms with van der Waals surface area (Å²) in [6.07, 6.45) is 1.90. The molecule has 0 aliphatic rings. The quantitative estimate of drug-likeness (QED) is 0.485. The van der Waals surface area contributed by atoms with Crippen LogP contribution < -0.4 is 0 Å². The van der Waals surface area contributed by atoms with Gasteiger partial charge in [-0.25, -0.2) is 13.5 Å². The highest BCUT2D eigenvalue weighted by molar-refractivity contribution is 5.80. The highest BCUT2D eigenvalue weighted by atomic mass is 19.1. The summed E-state index contributed by atoms with van der Waals surface area (Å²) in [6.45, 7) is 0. The monoisotopic (exact) mass is 332 g/mol. The average Bonchev–Trinajstić information content (AvgIpc) is 3.09. The molecule has 1 aromatic heterocycles. The smallest absolute Gasteiger partial charge is 0.123 e. The molecule has 0 saturated carbocycles. The van der Waals surface area contributed by atoms with E-state index in [1.165, 1.54) is 24.3 Å². The highest BCUT2D eigenvalue weighted by Gasteiger charge is 2.14. The molecule has 0 radical (unpaired) electrons. The second-order valence-corrected chi connectivity index (χ2v) is 5.69. The van der Waals surface area contributed by atoms with Gasteiger partial charge >= 0.3 is 0 Å². The summed E-state index contributed by atoms with van der Waals surface area (Å²) in [5.74, 6) is -0.586. The van der Waals surface area contributed by atoms with Gasteiger partial charge in [0, 0.05) is 17.3 Å². The van der Waals surface area contributed by atoms with Crippen LogP contribution in [0.4, 0.5) is 8.78 Å². The first-order valence-electron chi connectivity index (χ1n) is 7.88. The molecule has 4 rings (SSSR count). The van der Waals surface area contributed by atoms with Gasteiger partial charge in [0.2, 0.25) is 0 Å². The van der Waals surface area contributed by atoms with Crippen LogP contribution in [0.15, 0.2) is 85.1 Å². The van der Waals surface area contributed by atoms with E-state index in [-0.39, 0.29) is 11.6 Å². The number of hydrogen-bond acceptors (Lipinski definition) is 1. The van der Waals surface area contributed by atoms with Crippen molar-refractivity contribution in [2.24, 2.45) is 0 Å². The summed E-state index contributed by atoms with van der Waals surface area (Å²) < 4.78 is 28.3. The first-order valence-corrected chi connectivity index (χ1v) is 7.88. The molecule has 2 nitrogen and oxygen atoms in total. The Bertz CT molecular complexity index is 926. The number of halogens is 2. The van der Waals surface area contributed by atoms with Crippen LogP contribution >= 0.6 is 0 Å². The Morgan fingerprint density at radius 2 is 1.20 bits per heavy atom. The van der Waals surface area contributed by atoms with Gasteiger partial charge in [0.05, 0.1) is 5.69 Å². The van der Waals surface area contributed by atoms with E-state index >= 15 is 0 Å². The van der Waals surface area contributed by atoms with E-state index in [1.807, 2.05) is 36.5 Å². The molecule has 0 aliphatic heterocycles. The van der Waals surface area contributed by atoms with Crippen LogP contribution in [0.2, 0.25) is 0 Å². The van der Waals surface area contributed by atoms with Gasteiger partial charge in [-0.15, -0.1) is 0 Å². The summed E-state index contributed by atoms with van der Waals surface area (Å²) >= 11 is 0. The molecular formula is C21H14F2N2. The Hall–Kier alpha value is -3.27. The molecule has 0 amide bonds. The van der Waals surface area contributed by atoms with Gasteiger partial charge in [-0.3, -0.25) is 0 Å². The Kier molecular flexibility index (Phi) is 3.86. The lowest BCUT2D eigenvalue weighted by Gasteiger charge is -2.03. The van der Waals surface area contributed by atoms with E-state index in [4.69, 9.17) is 0 Å². The number of hydrogen-bond donors (Lipinski definition) is 0. The predicted molar refractivity (Wildman–Crippen MR) is 94.4 cm³/mol. The second kappa shape index (κ2) is 6.32. The first-order chi connectivity index (χ1) is 12.2. The molecule has 0 fully saturated rings. The van der Waals surface area contributed by atoms with Crippen molar-refractivity contribution in [2.45, 2.75) is 0 Å². The SMILES string of the molecule is Fc1ccc(-c2cn(-c3ccccc3)nc2-c2ccc(F)cc2)cc1. The van der Waals surface area contributed by atoms with Crippen molar-refractivity contribution in [3.63, 3.8) is 0 Å². The molecule has 0 spiro atoms. The van der Waals surface area contributed by atoms with Crippen LogP contribution in [0, 0.1) is 11.6 Å².